The maximum Gasteiger partial charge on any atom is 0.263 e. The van der Waals surface area contributed by atoms with Crippen molar-refractivity contribution in [3.05, 3.63) is 63.2 Å². The van der Waals surface area contributed by atoms with Crippen molar-refractivity contribution in [1.82, 2.24) is 9.78 Å². The van der Waals surface area contributed by atoms with Gasteiger partial charge in [-0.1, -0.05) is 23.7 Å². The summed E-state index contributed by atoms with van der Waals surface area (Å²) in [4.78, 5) is 0.336. The fourth-order valence-electron chi connectivity index (χ4n) is 3.38. The Bertz CT molecular complexity index is 1130. The summed E-state index contributed by atoms with van der Waals surface area (Å²) >= 11 is 5.94. The highest BCUT2D eigenvalue weighted by atomic mass is 35.5. The molecule has 1 aromatic heterocycles. The highest BCUT2D eigenvalue weighted by Crippen LogP contribution is 2.31. The first-order valence-electron chi connectivity index (χ1n) is 8.92. The van der Waals surface area contributed by atoms with Crippen LogP contribution in [0.4, 0.5) is 5.82 Å². The molecule has 28 heavy (non-hydrogen) atoms. The van der Waals surface area contributed by atoms with E-state index in [1.165, 1.54) is 4.68 Å². The Balaban J connectivity index is 2.04. The second-order valence-electron chi connectivity index (χ2n) is 7.10. The molecular formula is C21H24ClN3O2S. The van der Waals surface area contributed by atoms with E-state index in [1.807, 2.05) is 46.8 Å². The number of anilines is 1. The maximum absolute atomic E-state index is 13.2. The minimum absolute atomic E-state index is 0.336. The third kappa shape index (κ3) is 3.54. The van der Waals surface area contributed by atoms with Gasteiger partial charge in [-0.25, -0.2) is 8.42 Å². The van der Waals surface area contributed by atoms with E-state index in [0.717, 1.165) is 33.4 Å². The fourth-order valence-corrected chi connectivity index (χ4v) is 5.19. The molecule has 0 aliphatic rings. The van der Waals surface area contributed by atoms with E-state index in [9.17, 15) is 8.42 Å². The zero-order chi connectivity index (χ0) is 20.8. The zero-order valence-electron chi connectivity index (χ0n) is 16.9. The summed E-state index contributed by atoms with van der Waals surface area (Å²) in [6.07, 6.45) is 0. The standard InChI is InChI=1S/C21H24ClN3O2S/c1-12-13(2)15(4)21(16(5)14(12)3)28(26,27)24-20-11-19(23-25(20)6)17-7-9-18(22)10-8-17/h7-11,24H,1-6H3. The van der Waals surface area contributed by atoms with Crippen molar-refractivity contribution in [2.75, 3.05) is 4.72 Å². The summed E-state index contributed by atoms with van der Waals surface area (Å²) in [7, 11) is -2.06. The number of aromatic nitrogens is 2. The lowest BCUT2D eigenvalue weighted by Gasteiger charge is -2.19. The van der Waals surface area contributed by atoms with E-state index >= 15 is 0 Å². The van der Waals surface area contributed by atoms with E-state index in [-0.39, 0.29) is 0 Å². The average Bonchev–Trinajstić information content (AvgIpc) is 2.98. The van der Waals surface area contributed by atoms with Gasteiger partial charge in [0.1, 0.15) is 5.82 Å². The van der Waals surface area contributed by atoms with Crippen LogP contribution in [0.5, 0.6) is 0 Å². The molecule has 2 aromatic carbocycles. The van der Waals surface area contributed by atoms with Crippen LogP contribution in [0.2, 0.25) is 5.02 Å². The van der Waals surface area contributed by atoms with Gasteiger partial charge in [-0.15, -0.1) is 0 Å². The lowest BCUT2D eigenvalue weighted by molar-refractivity contribution is 0.598. The number of hydrogen-bond acceptors (Lipinski definition) is 3. The summed E-state index contributed by atoms with van der Waals surface area (Å²) in [5.74, 6) is 0.402. The molecule has 0 atom stereocenters. The number of halogens is 1. The van der Waals surface area contributed by atoms with E-state index in [2.05, 4.69) is 9.82 Å². The number of rotatable bonds is 4. The minimum atomic E-state index is -3.77. The van der Waals surface area contributed by atoms with Gasteiger partial charge in [-0.05, 0) is 74.6 Å². The molecule has 0 aliphatic carbocycles. The SMILES string of the molecule is Cc1c(C)c(C)c(S(=O)(=O)Nc2cc(-c3ccc(Cl)cc3)nn2C)c(C)c1C. The van der Waals surface area contributed by atoms with Crippen LogP contribution in [0.15, 0.2) is 35.2 Å². The third-order valence-corrected chi connectivity index (χ3v) is 7.34. The fraction of sp³-hybridized carbons (Fsp3) is 0.286. The van der Waals surface area contributed by atoms with Gasteiger partial charge in [0.2, 0.25) is 0 Å². The van der Waals surface area contributed by atoms with Crippen LogP contribution in [-0.4, -0.2) is 18.2 Å². The Hall–Kier alpha value is -2.31. The first-order valence-corrected chi connectivity index (χ1v) is 10.8. The lowest BCUT2D eigenvalue weighted by atomic mass is 9.95. The molecular weight excluding hydrogens is 394 g/mol. The molecule has 3 aromatic rings. The molecule has 7 heteroatoms. The number of sulfonamides is 1. The van der Waals surface area contributed by atoms with Gasteiger partial charge in [-0.3, -0.25) is 9.40 Å². The summed E-state index contributed by atoms with van der Waals surface area (Å²) in [6, 6.07) is 8.98. The summed E-state index contributed by atoms with van der Waals surface area (Å²) in [6.45, 7) is 9.64. The first-order chi connectivity index (χ1) is 13.0. The number of aryl methyl sites for hydroxylation is 1. The normalized spacial score (nSPS) is 11.7. The van der Waals surface area contributed by atoms with Crippen molar-refractivity contribution in [2.24, 2.45) is 7.05 Å². The van der Waals surface area contributed by atoms with E-state index in [0.29, 0.717) is 21.4 Å². The molecule has 0 unspecified atom stereocenters. The molecule has 148 valence electrons. The van der Waals surface area contributed by atoms with Crippen molar-refractivity contribution in [3.63, 3.8) is 0 Å². The van der Waals surface area contributed by atoms with Gasteiger partial charge in [0.05, 0.1) is 10.6 Å². The first kappa shape index (κ1) is 20.4. The summed E-state index contributed by atoms with van der Waals surface area (Å²) in [5.41, 5.74) is 6.19. The molecule has 1 N–H and O–H groups in total. The minimum Gasteiger partial charge on any atom is -0.264 e. The van der Waals surface area contributed by atoms with Crippen LogP contribution in [0.25, 0.3) is 11.3 Å². The number of nitrogens with zero attached hydrogens (tertiary/aromatic N) is 2. The van der Waals surface area contributed by atoms with Gasteiger partial charge in [0.15, 0.2) is 0 Å². The molecule has 0 saturated carbocycles. The second-order valence-corrected chi connectivity index (χ2v) is 9.16. The highest BCUT2D eigenvalue weighted by molar-refractivity contribution is 7.92. The third-order valence-electron chi connectivity index (χ3n) is 5.46. The molecule has 1 heterocycles. The van der Waals surface area contributed by atoms with Crippen molar-refractivity contribution in [1.29, 1.82) is 0 Å². The molecule has 0 radical (unpaired) electrons. The molecule has 0 bridgehead atoms. The Kier molecular flexibility index (Phi) is 5.30. The highest BCUT2D eigenvalue weighted by Gasteiger charge is 2.25. The maximum atomic E-state index is 13.2. The molecule has 0 spiro atoms. The smallest absolute Gasteiger partial charge is 0.263 e. The predicted octanol–water partition coefficient (Wildman–Crippen LogP) is 5.08. The molecule has 3 rings (SSSR count). The largest absolute Gasteiger partial charge is 0.264 e. The Morgan fingerprint density at radius 1 is 0.893 bits per heavy atom. The monoisotopic (exact) mass is 417 g/mol. The van der Waals surface area contributed by atoms with Gasteiger partial charge < -0.3 is 0 Å². The summed E-state index contributed by atoms with van der Waals surface area (Å²) < 4.78 is 30.7. The van der Waals surface area contributed by atoms with Crippen LogP contribution in [0.3, 0.4) is 0 Å². The van der Waals surface area contributed by atoms with E-state index in [1.54, 1.807) is 25.2 Å². The van der Waals surface area contributed by atoms with Crippen LogP contribution >= 0.6 is 11.6 Å². The van der Waals surface area contributed by atoms with Gasteiger partial charge >= 0.3 is 0 Å². The topological polar surface area (TPSA) is 64.0 Å². The lowest BCUT2D eigenvalue weighted by Crippen LogP contribution is -2.19. The quantitative estimate of drug-likeness (QED) is 0.643. The van der Waals surface area contributed by atoms with Crippen LogP contribution in [-0.2, 0) is 17.1 Å². The zero-order valence-corrected chi connectivity index (χ0v) is 18.5. The Morgan fingerprint density at radius 2 is 1.39 bits per heavy atom. The predicted molar refractivity (Wildman–Crippen MR) is 115 cm³/mol. The number of nitrogens with one attached hydrogen (secondary N) is 1. The van der Waals surface area contributed by atoms with Crippen molar-refractivity contribution in [3.8, 4) is 11.3 Å². The van der Waals surface area contributed by atoms with Gasteiger partial charge in [-0.2, -0.15) is 5.10 Å². The Morgan fingerprint density at radius 3 is 1.93 bits per heavy atom. The molecule has 0 fully saturated rings. The van der Waals surface area contributed by atoms with Gasteiger partial charge in [0.25, 0.3) is 10.0 Å². The molecule has 5 nitrogen and oxygen atoms in total. The van der Waals surface area contributed by atoms with Crippen molar-refractivity contribution in [2.45, 2.75) is 39.5 Å². The molecule has 0 saturated heterocycles. The van der Waals surface area contributed by atoms with Gasteiger partial charge in [0, 0.05) is 23.7 Å². The number of benzene rings is 2. The second kappa shape index (κ2) is 7.26. The number of hydrogen-bond donors (Lipinski definition) is 1. The van der Waals surface area contributed by atoms with Crippen LogP contribution in [0, 0.1) is 34.6 Å². The van der Waals surface area contributed by atoms with E-state index < -0.39 is 10.0 Å². The van der Waals surface area contributed by atoms with Crippen molar-refractivity contribution >= 4 is 27.4 Å². The average molecular weight is 418 g/mol. The Labute approximate surface area is 171 Å². The molecule has 0 aliphatic heterocycles. The van der Waals surface area contributed by atoms with Crippen LogP contribution in [0.1, 0.15) is 27.8 Å². The summed E-state index contributed by atoms with van der Waals surface area (Å²) in [5, 5.41) is 5.06. The van der Waals surface area contributed by atoms with Crippen molar-refractivity contribution < 1.29 is 8.42 Å². The van der Waals surface area contributed by atoms with Crippen LogP contribution < -0.4 is 4.72 Å². The van der Waals surface area contributed by atoms with E-state index in [4.69, 9.17) is 11.6 Å². The molecule has 0 amide bonds.